The molecule has 2 aromatic carbocycles. The summed E-state index contributed by atoms with van der Waals surface area (Å²) in [7, 11) is 0. The number of carboxylic acids is 1. The van der Waals surface area contributed by atoms with Gasteiger partial charge in [0, 0.05) is 6.54 Å². The number of amides is 1. The summed E-state index contributed by atoms with van der Waals surface area (Å²) in [6, 6.07) is 11.3. The van der Waals surface area contributed by atoms with E-state index in [1.165, 1.54) is 17.0 Å². The highest BCUT2D eigenvalue weighted by atomic mass is 32.2. The van der Waals surface area contributed by atoms with Gasteiger partial charge < -0.3 is 14.9 Å². The molecule has 0 unspecified atom stereocenters. The number of thioether (sulfide) groups is 1. The molecule has 1 saturated heterocycles. The topological polar surface area (TPSA) is 99.4 Å². The highest BCUT2D eigenvalue weighted by Crippen LogP contribution is 2.35. The number of hydrogen-bond donors (Lipinski definition) is 2. The molecule has 1 heterocycles. The minimum absolute atomic E-state index is 0.147. The second-order valence-electron chi connectivity index (χ2n) is 6.63. The lowest BCUT2D eigenvalue weighted by Crippen LogP contribution is -2.29. The van der Waals surface area contributed by atoms with E-state index in [0.29, 0.717) is 16.7 Å². The first-order valence-corrected chi connectivity index (χ1v) is 10.4. The van der Waals surface area contributed by atoms with E-state index in [1.807, 2.05) is 31.2 Å². The van der Waals surface area contributed by atoms with Gasteiger partial charge in [-0.1, -0.05) is 25.1 Å². The summed E-state index contributed by atoms with van der Waals surface area (Å²) in [6.45, 7) is 6.59. The maximum Gasteiger partial charge on any atom is 0.338 e. The van der Waals surface area contributed by atoms with Gasteiger partial charge in [0.05, 0.1) is 22.8 Å². The van der Waals surface area contributed by atoms with Crippen molar-refractivity contribution in [2.75, 3.05) is 13.2 Å². The van der Waals surface area contributed by atoms with Gasteiger partial charge in [-0.25, -0.2) is 9.79 Å². The summed E-state index contributed by atoms with van der Waals surface area (Å²) < 4.78 is 5.58. The summed E-state index contributed by atoms with van der Waals surface area (Å²) in [4.78, 5) is 30.7. The minimum Gasteiger partial charge on any atom is -0.508 e. The molecule has 0 spiro atoms. The van der Waals surface area contributed by atoms with Crippen molar-refractivity contribution in [3.05, 3.63) is 71.2 Å². The third-order valence-corrected chi connectivity index (χ3v) is 5.28. The molecule has 2 N–H and O–H groups in total. The smallest absolute Gasteiger partial charge is 0.338 e. The fraction of sp³-hybridized carbons (Fsp3) is 0.174. The number of aromatic hydroxyl groups is 1. The Bertz CT molecular complexity index is 1060. The molecule has 1 amide bonds. The first kappa shape index (κ1) is 22.2. The molecule has 1 fully saturated rings. The Hall–Kier alpha value is -3.52. The summed E-state index contributed by atoms with van der Waals surface area (Å²) >= 11 is 1.15. The second kappa shape index (κ2) is 9.99. The van der Waals surface area contributed by atoms with E-state index in [4.69, 9.17) is 4.74 Å². The van der Waals surface area contributed by atoms with Crippen molar-refractivity contribution in [3.63, 3.8) is 0 Å². The van der Waals surface area contributed by atoms with E-state index in [1.54, 1.807) is 12.2 Å². The van der Waals surface area contributed by atoms with Crippen molar-refractivity contribution >= 4 is 40.6 Å². The molecule has 160 valence electrons. The predicted octanol–water partition coefficient (Wildman–Crippen LogP) is 4.67. The standard InChI is InChI=1S/C23H22N2O5S/c1-3-11-25-21(27)20(13-15-5-8-17(9-6-15)30-12-4-2)31-23(25)24-19-10-7-16(26)14-18(19)22(28)29/h3,5-10,13-14,26H,1,4,11-12H2,2H3,(H,28,29)/b20-13-,24-23?. The van der Waals surface area contributed by atoms with Crippen LogP contribution in [-0.4, -0.2) is 45.3 Å². The van der Waals surface area contributed by atoms with Gasteiger partial charge in [-0.3, -0.25) is 9.69 Å². The Kier molecular flexibility index (Phi) is 7.15. The van der Waals surface area contributed by atoms with E-state index in [2.05, 4.69) is 11.6 Å². The van der Waals surface area contributed by atoms with Gasteiger partial charge in [-0.15, -0.1) is 6.58 Å². The number of hydrogen-bond acceptors (Lipinski definition) is 6. The van der Waals surface area contributed by atoms with Crippen molar-refractivity contribution in [1.82, 2.24) is 4.90 Å². The molecule has 0 saturated carbocycles. The number of aliphatic imine (C=N–C) groups is 1. The predicted molar refractivity (Wildman–Crippen MR) is 122 cm³/mol. The largest absolute Gasteiger partial charge is 0.508 e. The summed E-state index contributed by atoms with van der Waals surface area (Å²) in [5, 5.41) is 19.3. The van der Waals surface area contributed by atoms with Crippen LogP contribution in [0.4, 0.5) is 5.69 Å². The average Bonchev–Trinajstić information content (AvgIpc) is 3.03. The number of ether oxygens (including phenoxy) is 1. The van der Waals surface area contributed by atoms with Crippen LogP contribution in [0.25, 0.3) is 6.08 Å². The van der Waals surface area contributed by atoms with E-state index < -0.39 is 5.97 Å². The number of rotatable bonds is 8. The van der Waals surface area contributed by atoms with Gasteiger partial charge in [0.1, 0.15) is 11.5 Å². The summed E-state index contributed by atoms with van der Waals surface area (Å²) in [5.74, 6) is -0.878. The number of aromatic carboxylic acids is 1. The Balaban J connectivity index is 1.92. The highest BCUT2D eigenvalue weighted by molar-refractivity contribution is 8.18. The molecule has 0 aliphatic carbocycles. The molecule has 0 bridgehead atoms. The van der Waals surface area contributed by atoms with Gasteiger partial charge in [-0.05, 0) is 60.2 Å². The van der Waals surface area contributed by atoms with Crippen LogP contribution in [0.3, 0.4) is 0 Å². The Morgan fingerprint density at radius 3 is 2.65 bits per heavy atom. The van der Waals surface area contributed by atoms with Crippen LogP contribution in [0.15, 0.2) is 65.0 Å². The zero-order valence-electron chi connectivity index (χ0n) is 16.9. The van der Waals surface area contributed by atoms with Gasteiger partial charge in [0.15, 0.2) is 5.17 Å². The average molecular weight is 439 g/mol. The maximum atomic E-state index is 12.9. The lowest BCUT2D eigenvalue weighted by Gasteiger charge is -2.13. The third kappa shape index (κ3) is 5.35. The number of benzene rings is 2. The van der Waals surface area contributed by atoms with Crippen molar-refractivity contribution in [1.29, 1.82) is 0 Å². The van der Waals surface area contributed by atoms with Crippen molar-refractivity contribution in [3.8, 4) is 11.5 Å². The van der Waals surface area contributed by atoms with Crippen LogP contribution in [0.2, 0.25) is 0 Å². The van der Waals surface area contributed by atoms with Crippen LogP contribution in [-0.2, 0) is 4.79 Å². The molecule has 2 aromatic rings. The third-order valence-electron chi connectivity index (χ3n) is 4.28. The van der Waals surface area contributed by atoms with E-state index in [-0.39, 0.29) is 29.5 Å². The lowest BCUT2D eigenvalue weighted by molar-refractivity contribution is -0.121. The Morgan fingerprint density at radius 2 is 2.00 bits per heavy atom. The quantitative estimate of drug-likeness (QED) is 0.459. The number of phenolic OH excluding ortho intramolecular Hbond substituents is 1. The number of carboxylic acid groups (broad SMARTS) is 1. The van der Waals surface area contributed by atoms with Crippen molar-refractivity contribution in [2.24, 2.45) is 4.99 Å². The molecule has 0 radical (unpaired) electrons. The fourth-order valence-corrected chi connectivity index (χ4v) is 3.81. The van der Waals surface area contributed by atoms with Crippen molar-refractivity contribution in [2.45, 2.75) is 13.3 Å². The summed E-state index contributed by atoms with van der Waals surface area (Å²) in [5.41, 5.74) is 0.822. The van der Waals surface area contributed by atoms with E-state index in [9.17, 15) is 19.8 Å². The summed E-state index contributed by atoms with van der Waals surface area (Å²) in [6.07, 6.45) is 4.25. The van der Waals surface area contributed by atoms with Crippen LogP contribution in [0.1, 0.15) is 29.3 Å². The molecule has 0 atom stereocenters. The zero-order valence-corrected chi connectivity index (χ0v) is 17.8. The van der Waals surface area contributed by atoms with Crippen LogP contribution in [0.5, 0.6) is 11.5 Å². The Morgan fingerprint density at radius 1 is 1.26 bits per heavy atom. The van der Waals surface area contributed by atoms with Crippen LogP contribution in [0, 0.1) is 0 Å². The van der Waals surface area contributed by atoms with E-state index >= 15 is 0 Å². The number of amidine groups is 1. The highest BCUT2D eigenvalue weighted by Gasteiger charge is 2.33. The number of phenols is 1. The maximum absolute atomic E-state index is 12.9. The number of carbonyl (C=O) groups is 2. The Labute approximate surface area is 184 Å². The molecule has 31 heavy (non-hydrogen) atoms. The normalized spacial score (nSPS) is 16.2. The molecule has 3 rings (SSSR count). The number of nitrogens with zero attached hydrogens (tertiary/aromatic N) is 2. The van der Waals surface area contributed by atoms with Crippen LogP contribution < -0.4 is 4.74 Å². The first-order chi connectivity index (χ1) is 14.9. The molecule has 1 aliphatic rings. The van der Waals surface area contributed by atoms with Crippen LogP contribution >= 0.6 is 11.8 Å². The molecule has 8 heteroatoms. The fourth-order valence-electron chi connectivity index (χ4n) is 2.81. The van der Waals surface area contributed by atoms with Gasteiger partial charge >= 0.3 is 5.97 Å². The van der Waals surface area contributed by atoms with E-state index in [0.717, 1.165) is 35.6 Å². The first-order valence-electron chi connectivity index (χ1n) is 9.63. The van der Waals surface area contributed by atoms with Crippen molar-refractivity contribution < 1.29 is 24.5 Å². The van der Waals surface area contributed by atoms with Gasteiger partial charge in [-0.2, -0.15) is 0 Å². The molecular formula is C23H22N2O5S. The molecule has 7 nitrogen and oxygen atoms in total. The molecule has 1 aliphatic heterocycles. The number of carbonyl (C=O) groups excluding carboxylic acids is 1. The lowest BCUT2D eigenvalue weighted by atomic mass is 10.2. The SMILES string of the molecule is C=CCN1C(=O)/C(=C/c2ccc(OCCC)cc2)SC1=Nc1ccc(O)cc1C(=O)O. The zero-order chi connectivity index (χ0) is 22.4. The molecular weight excluding hydrogens is 416 g/mol. The monoisotopic (exact) mass is 438 g/mol. The second-order valence-corrected chi connectivity index (χ2v) is 7.64. The van der Waals surface area contributed by atoms with Gasteiger partial charge in [0.25, 0.3) is 5.91 Å². The minimum atomic E-state index is -1.22. The van der Waals surface area contributed by atoms with Gasteiger partial charge in [0.2, 0.25) is 0 Å². The molecule has 0 aromatic heterocycles.